The van der Waals surface area contributed by atoms with Gasteiger partial charge in [-0.05, 0) is 103 Å². The first-order valence-corrected chi connectivity index (χ1v) is 29.2. The van der Waals surface area contributed by atoms with Gasteiger partial charge < -0.3 is 14.2 Å². The number of carbonyl (C=O) groups is 3. The fraction of sp³-hybridized carbons (Fsp3) is 0.544. The maximum atomic E-state index is 12.8. The Balaban J connectivity index is 4.65. The fourth-order valence-corrected chi connectivity index (χ4v) is 7.33. The van der Waals surface area contributed by atoms with Gasteiger partial charge in [-0.15, -0.1) is 0 Å². The standard InChI is InChI=1S/C68H104O6/c1-4-7-10-13-16-19-22-25-28-31-34-37-40-43-46-49-52-55-58-61-67(70)73-64-65(63-72-66(69)60-57-54-51-48-45-42-39-36-33-30-27-24-21-18-15-12-9-6-3)74-68(71)62-59-56-53-50-47-44-41-38-35-32-29-26-23-20-17-14-11-8-5-2/h7-8,10-11,13,16-17,19-20,22,25-26,28-29,31,34-40,43-44,46-47,53,56,65H,4-6,9,12,14-15,18,21,23-24,27,30,32-33,41-42,45,48-52,54-55,57-64H2,1-3H3/b10-7-,11-8-,16-13-,20-17-,22-19-,28-25-,29-26-,34-31+,38-35-,39-36-,40-37-,46-43-,47-44-,56-53-. The van der Waals surface area contributed by atoms with E-state index in [1.54, 1.807) is 0 Å². The number of hydrogen-bond donors (Lipinski definition) is 0. The van der Waals surface area contributed by atoms with Gasteiger partial charge in [-0.25, -0.2) is 0 Å². The van der Waals surface area contributed by atoms with Gasteiger partial charge in [0.25, 0.3) is 0 Å². The number of esters is 3. The molecule has 6 heteroatoms. The normalized spacial score (nSPS) is 13.4. The van der Waals surface area contributed by atoms with E-state index in [0.717, 1.165) is 96.3 Å². The molecule has 0 heterocycles. The summed E-state index contributed by atoms with van der Waals surface area (Å²) in [4.78, 5) is 38.2. The van der Waals surface area contributed by atoms with Crippen LogP contribution in [-0.4, -0.2) is 37.2 Å². The van der Waals surface area contributed by atoms with E-state index in [2.05, 4.69) is 106 Å². The topological polar surface area (TPSA) is 78.9 Å². The smallest absolute Gasteiger partial charge is 0.306 e. The summed E-state index contributed by atoms with van der Waals surface area (Å²) in [7, 11) is 0. The quantitative estimate of drug-likeness (QED) is 0.0199. The van der Waals surface area contributed by atoms with Crippen LogP contribution >= 0.6 is 0 Å². The van der Waals surface area contributed by atoms with Crippen molar-refractivity contribution in [1.29, 1.82) is 0 Å². The summed E-state index contributed by atoms with van der Waals surface area (Å²) < 4.78 is 16.8. The van der Waals surface area contributed by atoms with E-state index in [-0.39, 0.29) is 38.0 Å². The van der Waals surface area contributed by atoms with Gasteiger partial charge in [0.1, 0.15) is 13.2 Å². The lowest BCUT2D eigenvalue weighted by Gasteiger charge is -2.18. The molecule has 6 nitrogen and oxygen atoms in total. The van der Waals surface area contributed by atoms with Crippen LogP contribution in [0.2, 0.25) is 0 Å². The fourth-order valence-electron chi connectivity index (χ4n) is 7.33. The highest BCUT2D eigenvalue weighted by Crippen LogP contribution is 2.13. The summed E-state index contributed by atoms with van der Waals surface area (Å²) in [6.45, 7) is 6.26. The summed E-state index contributed by atoms with van der Waals surface area (Å²) in [5.41, 5.74) is 0. The van der Waals surface area contributed by atoms with Crippen LogP contribution in [0.1, 0.15) is 220 Å². The van der Waals surface area contributed by atoms with Crippen LogP contribution in [-0.2, 0) is 28.6 Å². The van der Waals surface area contributed by atoms with Crippen LogP contribution in [0.3, 0.4) is 0 Å². The third kappa shape index (κ3) is 57.7. The maximum absolute atomic E-state index is 12.8. The molecule has 0 aromatic heterocycles. The largest absolute Gasteiger partial charge is 0.462 e. The number of unbranched alkanes of at least 4 members (excludes halogenated alkanes) is 17. The minimum absolute atomic E-state index is 0.136. The van der Waals surface area contributed by atoms with E-state index in [4.69, 9.17) is 14.2 Å². The molecule has 0 bridgehead atoms. The van der Waals surface area contributed by atoms with Crippen LogP contribution < -0.4 is 0 Å². The molecular formula is C68H104O6. The zero-order valence-electron chi connectivity index (χ0n) is 47.0. The first kappa shape index (κ1) is 68.8. The van der Waals surface area contributed by atoms with Crippen molar-refractivity contribution in [2.75, 3.05) is 13.2 Å². The maximum Gasteiger partial charge on any atom is 0.306 e. The first-order valence-electron chi connectivity index (χ1n) is 29.2. The average molecular weight is 1020 g/mol. The molecule has 412 valence electrons. The first-order chi connectivity index (χ1) is 36.5. The highest BCUT2D eigenvalue weighted by Gasteiger charge is 2.19. The summed E-state index contributed by atoms with van der Waals surface area (Å²) in [6, 6.07) is 0. The molecule has 1 unspecified atom stereocenters. The molecule has 0 aliphatic rings. The van der Waals surface area contributed by atoms with Crippen molar-refractivity contribution in [1.82, 2.24) is 0 Å². The lowest BCUT2D eigenvalue weighted by Crippen LogP contribution is -2.30. The molecule has 1 atom stereocenters. The summed E-state index contributed by atoms with van der Waals surface area (Å²) in [6.07, 6.45) is 89.2. The van der Waals surface area contributed by atoms with Gasteiger partial charge in [0.2, 0.25) is 0 Å². The Labute approximate surface area is 453 Å². The summed E-state index contributed by atoms with van der Waals surface area (Å²) in [5, 5.41) is 0. The van der Waals surface area contributed by atoms with Gasteiger partial charge in [-0.2, -0.15) is 0 Å². The highest BCUT2D eigenvalue weighted by atomic mass is 16.6. The number of ether oxygens (including phenoxy) is 3. The minimum atomic E-state index is -0.852. The Hall–Kier alpha value is -5.23. The molecule has 0 spiro atoms. The lowest BCUT2D eigenvalue weighted by atomic mass is 10.1. The molecule has 0 radical (unpaired) electrons. The number of allylic oxidation sites excluding steroid dienone is 28. The predicted molar refractivity (Wildman–Crippen MR) is 320 cm³/mol. The van der Waals surface area contributed by atoms with E-state index >= 15 is 0 Å². The van der Waals surface area contributed by atoms with Crippen LogP contribution in [0.4, 0.5) is 0 Å². The third-order valence-electron chi connectivity index (χ3n) is 11.6. The van der Waals surface area contributed by atoms with Crippen molar-refractivity contribution >= 4 is 17.9 Å². The van der Waals surface area contributed by atoms with Gasteiger partial charge in [0, 0.05) is 19.3 Å². The Morgan fingerprint density at radius 3 is 1.05 bits per heavy atom. The number of hydrogen-bond acceptors (Lipinski definition) is 6. The summed E-state index contributed by atoms with van der Waals surface area (Å²) in [5.74, 6) is -1.08. The van der Waals surface area contributed by atoms with Crippen molar-refractivity contribution in [3.63, 3.8) is 0 Å². The van der Waals surface area contributed by atoms with E-state index in [0.29, 0.717) is 19.3 Å². The van der Waals surface area contributed by atoms with Crippen molar-refractivity contribution in [2.45, 2.75) is 226 Å². The van der Waals surface area contributed by atoms with Crippen molar-refractivity contribution in [3.05, 3.63) is 170 Å². The lowest BCUT2D eigenvalue weighted by molar-refractivity contribution is -0.166. The van der Waals surface area contributed by atoms with Gasteiger partial charge in [-0.3, -0.25) is 14.4 Å². The van der Waals surface area contributed by atoms with E-state index < -0.39 is 12.1 Å². The minimum Gasteiger partial charge on any atom is -0.462 e. The Morgan fingerprint density at radius 2 is 0.622 bits per heavy atom. The molecular weight excluding hydrogens is 913 g/mol. The molecule has 0 aliphatic carbocycles. The van der Waals surface area contributed by atoms with E-state index in [9.17, 15) is 14.4 Å². The molecule has 0 saturated heterocycles. The van der Waals surface area contributed by atoms with Crippen molar-refractivity contribution in [2.24, 2.45) is 0 Å². The third-order valence-corrected chi connectivity index (χ3v) is 11.6. The second-order valence-electron chi connectivity index (χ2n) is 18.6. The van der Waals surface area contributed by atoms with E-state index in [1.807, 2.05) is 85.1 Å². The molecule has 0 aliphatic heterocycles. The van der Waals surface area contributed by atoms with E-state index in [1.165, 1.54) is 70.6 Å². The molecule has 0 fully saturated rings. The second-order valence-corrected chi connectivity index (χ2v) is 18.6. The van der Waals surface area contributed by atoms with Crippen LogP contribution in [0.25, 0.3) is 0 Å². The van der Waals surface area contributed by atoms with Gasteiger partial charge in [-0.1, -0.05) is 268 Å². The Morgan fingerprint density at radius 1 is 0.297 bits per heavy atom. The van der Waals surface area contributed by atoms with Gasteiger partial charge in [0.05, 0.1) is 0 Å². The predicted octanol–water partition coefficient (Wildman–Crippen LogP) is 19.9. The van der Waals surface area contributed by atoms with Crippen molar-refractivity contribution in [3.8, 4) is 0 Å². The zero-order valence-corrected chi connectivity index (χ0v) is 47.0. The number of carbonyl (C=O) groups excluding carboxylic acids is 3. The molecule has 74 heavy (non-hydrogen) atoms. The number of rotatable bonds is 50. The van der Waals surface area contributed by atoms with Crippen LogP contribution in [0, 0.1) is 0 Å². The zero-order chi connectivity index (χ0) is 53.6. The molecule has 0 rings (SSSR count). The molecule has 0 saturated carbocycles. The Kier molecular flexibility index (Phi) is 56.1. The average Bonchev–Trinajstić information content (AvgIpc) is 3.40. The van der Waals surface area contributed by atoms with Crippen molar-refractivity contribution < 1.29 is 28.6 Å². The molecule has 0 amide bonds. The molecule has 0 aromatic rings. The Bertz CT molecular complexity index is 1740. The van der Waals surface area contributed by atoms with Gasteiger partial charge in [0.15, 0.2) is 6.10 Å². The molecule has 0 N–H and O–H groups in total. The van der Waals surface area contributed by atoms with Crippen LogP contribution in [0.5, 0.6) is 0 Å². The highest BCUT2D eigenvalue weighted by molar-refractivity contribution is 5.71. The second kappa shape index (κ2) is 60.3. The van der Waals surface area contributed by atoms with Gasteiger partial charge >= 0.3 is 17.9 Å². The van der Waals surface area contributed by atoms with Crippen LogP contribution in [0.15, 0.2) is 170 Å². The SMILES string of the molecule is CC\C=C/C=C\C=C/C=C\C=C\C=C/C=C\CCCCCC(=O)OCC(COC(=O)CCCCCCC/C=C\CCCCCCCCCCC)OC(=O)CC/C=C\C/C=C\C/C=C\C/C=C\C/C=C\C/C=C\CC. The molecule has 0 aromatic carbocycles. The summed E-state index contributed by atoms with van der Waals surface area (Å²) >= 11 is 0. The monoisotopic (exact) mass is 1020 g/mol.